The Balaban J connectivity index is 1.65. The van der Waals surface area contributed by atoms with Gasteiger partial charge in [-0.1, -0.05) is 46.9 Å². The molecular weight excluding hydrogens is 408 g/mol. The molecule has 0 aliphatic rings. The van der Waals surface area contributed by atoms with Crippen LogP contribution in [0.25, 0.3) is 0 Å². The number of ether oxygens (including phenoxy) is 2. The van der Waals surface area contributed by atoms with Gasteiger partial charge in [0.15, 0.2) is 0 Å². The molecule has 29 heavy (non-hydrogen) atoms. The van der Waals surface area contributed by atoms with Crippen LogP contribution >= 0.6 is 22.9 Å². The number of carbonyl (C=O) groups is 1. The first-order chi connectivity index (χ1) is 13.9. The van der Waals surface area contributed by atoms with Crippen LogP contribution in [0, 0.1) is 11.8 Å². The van der Waals surface area contributed by atoms with E-state index in [0.717, 1.165) is 10.6 Å². The lowest BCUT2D eigenvalue weighted by Crippen LogP contribution is -2.42. The number of carbonyl (C=O) groups excluding carboxylic acids is 1. The van der Waals surface area contributed by atoms with Crippen LogP contribution in [0.15, 0.2) is 54.7 Å². The second-order valence-electron chi connectivity index (χ2n) is 6.58. The number of rotatable bonds is 5. The summed E-state index contributed by atoms with van der Waals surface area (Å²) >= 11 is 7.41. The highest BCUT2D eigenvalue weighted by Crippen LogP contribution is 2.27. The number of hydrogen-bond acceptors (Lipinski definition) is 5. The number of hydrogen-bond donors (Lipinski definition) is 1. The zero-order valence-electron chi connectivity index (χ0n) is 16.2. The van der Waals surface area contributed by atoms with E-state index in [1.165, 1.54) is 11.3 Å². The highest BCUT2D eigenvalue weighted by molar-refractivity contribution is 7.13. The first kappa shape index (κ1) is 20.7. The lowest BCUT2D eigenvalue weighted by atomic mass is 10.1. The fraction of sp³-hybridized carbons (Fsp3) is 0.182. The van der Waals surface area contributed by atoms with Crippen molar-refractivity contribution >= 4 is 28.8 Å². The van der Waals surface area contributed by atoms with E-state index in [1.807, 2.05) is 26.0 Å². The van der Waals surface area contributed by atoms with Crippen molar-refractivity contribution in [2.45, 2.75) is 19.4 Å². The Hall–Kier alpha value is -3.01. The van der Waals surface area contributed by atoms with Crippen LogP contribution < -0.4 is 14.8 Å². The molecule has 1 amide bonds. The van der Waals surface area contributed by atoms with Gasteiger partial charge in [0.05, 0.1) is 29.4 Å². The van der Waals surface area contributed by atoms with Crippen LogP contribution in [-0.2, 0) is 0 Å². The lowest BCUT2D eigenvalue weighted by Gasteiger charge is -2.20. The molecule has 0 saturated carbocycles. The molecule has 148 valence electrons. The minimum atomic E-state index is -0.753. The summed E-state index contributed by atoms with van der Waals surface area (Å²) in [6.45, 7) is 3.65. The number of nitrogens with one attached hydrogen (secondary N) is 1. The summed E-state index contributed by atoms with van der Waals surface area (Å²) in [6.07, 6.45) is 1.64. The van der Waals surface area contributed by atoms with Gasteiger partial charge in [-0.15, -0.1) is 0 Å². The molecule has 3 rings (SSSR count). The largest absolute Gasteiger partial charge is 0.497 e. The van der Waals surface area contributed by atoms with Gasteiger partial charge in [0.1, 0.15) is 16.4 Å². The quantitative estimate of drug-likeness (QED) is 0.572. The molecule has 1 aromatic heterocycles. The molecule has 0 aliphatic carbocycles. The van der Waals surface area contributed by atoms with Gasteiger partial charge in [0.25, 0.3) is 11.1 Å². The molecule has 0 unspecified atom stereocenters. The van der Waals surface area contributed by atoms with Gasteiger partial charge in [-0.3, -0.25) is 4.79 Å². The van der Waals surface area contributed by atoms with Crippen LogP contribution in [0.1, 0.15) is 29.1 Å². The van der Waals surface area contributed by atoms with Crippen molar-refractivity contribution in [1.82, 2.24) is 10.3 Å². The molecular formula is C22H19ClN2O3S. The van der Waals surface area contributed by atoms with Gasteiger partial charge >= 0.3 is 0 Å². The zero-order chi connectivity index (χ0) is 20.9. The van der Waals surface area contributed by atoms with E-state index in [2.05, 4.69) is 22.1 Å². The molecule has 7 heteroatoms. The van der Waals surface area contributed by atoms with Crippen LogP contribution in [-0.4, -0.2) is 23.5 Å². The summed E-state index contributed by atoms with van der Waals surface area (Å²) in [5, 5.41) is 3.77. The van der Waals surface area contributed by atoms with E-state index in [1.54, 1.807) is 49.7 Å². The van der Waals surface area contributed by atoms with E-state index < -0.39 is 5.54 Å². The molecule has 1 N–H and O–H groups in total. The van der Waals surface area contributed by atoms with Crippen molar-refractivity contribution in [3.63, 3.8) is 0 Å². The van der Waals surface area contributed by atoms with E-state index in [-0.39, 0.29) is 5.91 Å². The maximum Gasteiger partial charge on any atom is 0.279 e. The van der Waals surface area contributed by atoms with Crippen LogP contribution in [0.3, 0.4) is 0 Å². The Morgan fingerprint density at radius 1 is 1.14 bits per heavy atom. The molecule has 0 atom stereocenters. The normalized spacial score (nSPS) is 10.6. The topological polar surface area (TPSA) is 60.5 Å². The predicted octanol–water partition coefficient (Wildman–Crippen LogP) is 5.16. The zero-order valence-corrected chi connectivity index (χ0v) is 17.7. The Kier molecular flexibility index (Phi) is 6.42. The molecule has 0 bridgehead atoms. The summed E-state index contributed by atoms with van der Waals surface area (Å²) in [5.74, 6) is 7.24. The summed E-state index contributed by atoms with van der Waals surface area (Å²) in [7, 11) is 1.61. The predicted molar refractivity (Wildman–Crippen MR) is 115 cm³/mol. The average molecular weight is 427 g/mol. The molecule has 0 fully saturated rings. The molecule has 0 aliphatic heterocycles. The van der Waals surface area contributed by atoms with Gasteiger partial charge in [-0.05, 0) is 50.2 Å². The lowest BCUT2D eigenvalue weighted by molar-refractivity contribution is 0.0930. The number of thiazole rings is 1. The monoisotopic (exact) mass is 426 g/mol. The van der Waals surface area contributed by atoms with Gasteiger partial charge in [-0.25, -0.2) is 4.98 Å². The Morgan fingerprint density at radius 2 is 1.83 bits per heavy atom. The summed E-state index contributed by atoms with van der Waals surface area (Å²) < 4.78 is 10.9. The number of nitrogens with zero attached hydrogens (tertiary/aromatic N) is 1. The van der Waals surface area contributed by atoms with Crippen LogP contribution in [0.2, 0.25) is 5.02 Å². The Labute approximate surface area is 178 Å². The number of methoxy groups -OCH3 is 1. The maximum absolute atomic E-state index is 12.4. The van der Waals surface area contributed by atoms with E-state index >= 15 is 0 Å². The van der Waals surface area contributed by atoms with Gasteiger partial charge in [0, 0.05) is 0 Å². The summed E-state index contributed by atoms with van der Waals surface area (Å²) in [4.78, 5) is 17.4. The SMILES string of the molecule is COc1ccc(Oc2ncc(C#CC(C)(C)NC(=O)c3ccccc3Cl)s2)cc1. The first-order valence-corrected chi connectivity index (χ1v) is 9.94. The molecule has 2 aromatic carbocycles. The average Bonchev–Trinajstić information content (AvgIpc) is 3.14. The second kappa shape index (κ2) is 8.99. The van der Waals surface area contributed by atoms with Gasteiger partial charge in [-0.2, -0.15) is 0 Å². The molecule has 0 radical (unpaired) electrons. The van der Waals surface area contributed by atoms with Gasteiger partial charge < -0.3 is 14.8 Å². The standard InChI is InChI=1S/C22H19ClN2O3S/c1-22(2,25-20(26)18-6-4-5-7-19(18)23)13-12-17-14-24-21(29-17)28-16-10-8-15(27-3)9-11-16/h4-11,14H,1-3H3,(H,25,26). The summed E-state index contributed by atoms with van der Waals surface area (Å²) in [6, 6.07) is 14.1. The van der Waals surface area contributed by atoms with E-state index in [0.29, 0.717) is 21.5 Å². The smallest absolute Gasteiger partial charge is 0.279 e. The van der Waals surface area contributed by atoms with Crippen LogP contribution in [0.4, 0.5) is 0 Å². The maximum atomic E-state index is 12.4. The highest BCUT2D eigenvalue weighted by atomic mass is 35.5. The number of aromatic nitrogens is 1. The van der Waals surface area contributed by atoms with E-state index in [4.69, 9.17) is 21.1 Å². The van der Waals surface area contributed by atoms with Crippen molar-refractivity contribution in [3.8, 4) is 28.5 Å². The minimum Gasteiger partial charge on any atom is -0.497 e. The number of amides is 1. The fourth-order valence-electron chi connectivity index (χ4n) is 2.35. The van der Waals surface area contributed by atoms with Crippen molar-refractivity contribution in [3.05, 3.63) is 70.2 Å². The second-order valence-corrected chi connectivity index (χ2v) is 7.98. The molecule has 1 heterocycles. The van der Waals surface area contributed by atoms with Crippen molar-refractivity contribution < 1.29 is 14.3 Å². The van der Waals surface area contributed by atoms with Crippen molar-refractivity contribution in [1.29, 1.82) is 0 Å². The fourth-order valence-corrected chi connectivity index (χ4v) is 3.21. The minimum absolute atomic E-state index is 0.275. The Morgan fingerprint density at radius 3 is 2.52 bits per heavy atom. The number of halogens is 1. The summed E-state index contributed by atoms with van der Waals surface area (Å²) in [5.41, 5.74) is -0.339. The third kappa shape index (κ3) is 5.74. The molecule has 5 nitrogen and oxygen atoms in total. The Bertz CT molecular complexity index is 1070. The highest BCUT2D eigenvalue weighted by Gasteiger charge is 2.20. The first-order valence-electron chi connectivity index (χ1n) is 8.74. The molecule has 3 aromatic rings. The van der Waals surface area contributed by atoms with E-state index in [9.17, 15) is 4.79 Å². The third-order valence-corrected chi connectivity index (χ3v) is 4.91. The van der Waals surface area contributed by atoms with Gasteiger partial charge in [0.2, 0.25) is 0 Å². The number of benzene rings is 2. The molecule has 0 spiro atoms. The molecule has 0 saturated heterocycles. The van der Waals surface area contributed by atoms with Crippen LogP contribution in [0.5, 0.6) is 16.7 Å². The third-order valence-electron chi connectivity index (χ3n) is 3.79. The van der Waals surface area contributed by atoms with Crippen molar-refractivity contribution in [2.24, 2.45) is 0 Å². The van der Waals surface area contributed by atoms with Crippen molar-refractivity contribution in [2.75, 3.05) is 7.11 Å².